The maximum absolute atomic E-state index is 4.53. The van der Waals surface area contributed by atoms with Gasteiger partial charge >= 0.3 is 0 Å². The van der Waals surface area contributed by atoms with E-state index in [9.17, 15) is 0 Å². The van der Waals surface area contributed by atoms with Gasteiger partial charge in [0.25, 0.3) is 0 Å². The van der Waals surface area contributed by atoms with Crippen molar-refractivity contribution in [1.82, 2.24) is 9.78 Å². The van der Waals surface area contributed by atoms with Gasteiger partial charge in [-0.2, -0.15) is 16.4 Å². The standard InChI is InChI=1S/C12H17N3S/c1-3-10-7-12(15(4-2)14-10)8-13-11-5-6-16-9-11/h5-7,9,13H,3-4,8H2,1-2H3. The molecule has 0 unspecified atom stereocenters. The monoisotopic (exact) mass is 235 g/mol. The number of nitrogens with one attached hydrogen (secondary N) is 1. The van der Waals surface area contributed by atoms with E-state index in [-0.39, 0.29) is 0 Å². The van der Waals surface area contributed by atoms with E-state index in [0.29, 0.717) is 0 Å². The fourth-order valence-corrected chi connectivity index (χ4v) is 2.27. The Labute approximate surface area is 100 Å². The number of thiophene rings is 1. The zero-order valence-electron chi connectivity index (χ0n) is 9.73. The van der Waals surface area contributed by atoms with Gasteiger partial charge in [0, 0.05) is 17.6 Å². The van der Waals surface area contributed by atoms with Crippen LogP contribution >= 0.6 is 11.3 Å². The lowest BCUT2D eigenvalue weighted by atomic mass is 10.3. The lowest BCUT2D eigenvalue weighted by Gasteiger charge is -2.05. The minimum Gasteiger partial charge on any atom is -0.379 e. The molecule has 2 rings (SSSR count). The normalized spacial score (nSPS) is 10.6. The number of hydrogen-bond donors (Lipinski definition) is 1. The number of nitrogens with zero attached hydrogens (tertiary/aromatic N) is 2. The summed E-state index contributed by atoms with van der Waals surface area (Å²) in [6, 6.07) is 4.28. The first kappa shape index (κ1) is 11.2. The molecule has 0 spiro atoms. The predicted molar refractivity (Wildman–Crippen MR) is 68.9 cm³/mol. The minimum absolute atomic E-state index is 0.845. The number of aromatic nitrogens is 2. The van der Waals surface area contributed by atoms with E-state index < -0.39 is 0 Å². The Balaban J connectivity index is 2.05. The molecular formula is C12H17N3S. The summed E-state index contributed by atoms with van der Waals surface area (Å²) in [6.07, 6.45) is 0.998. The van der Waals surface area contributed by atoms with Gasteiger partial charge in [0.15, 0.2) is 0 Å². The topological polar surface area (TPSA) is 29.9 Å². The van der Waals surface area contributed by atoms with Crippen LogP contribution in [-0.2, 0) is 19.5 Å². The maximum Gasteiger partial charge on any atom is 0.0625 e. The van der Waals surface area contributed by atoms with Crippen LogP contribution in [0.1, 0.15) is 25.2 Å². The Morgan fingerprint density at radius 3 is 2.94 bits per heavy atom. The SMILES string of the molecule is CCc1cc(CNc2ccsc2)n(CC)n1. The molecule has 1 N–H and O–H groups in total. The van der Waals surface area contributed by atoms with Crippen LogP contribution in [0.4, 0.5) is 5.69 Å². The molecular weight excluding hydrogens is 218 g/mol. The summed E-state index contributed by atoms with van der Waals surface area (Å²) >= 11 is 1.71. The second-order valence-electron chi connectivity index (χ2n) is 3.66. The van der Waals surface area contributed by atoms with Gasteiger partial charge in [-0.05, 0) is 30.9 Å². The van der Waals surface area contributed by atoms with Crippen molar-refractivity contribution in [3.63, 3.8) is 0 Å². The van der Waals surface area contributed by atoms with Gasteiger partial charge in [0.2, 0.25) is 0 Å². The van der Waals surface area contributed by atoms with Crippen LogP contribution in [0.25, 0.3) is 0 Å². The van der Waals surface area contributed by atoms with E-state index >= 15 is 0 Å². The van der Waals surface area contributed by atoms with Gasteiger partial charge in [-0.3, -0.25) is 4.68 Å². The largest absolute Gasteiger partial charge is 0.379 e. The Kier molecular flexibility index (Phi) is 3.62. The van der Waals surface area contributed by atoms with Crippen LogP contribution in [0.2, 0.25) is 0 Å². The quantitative estimate of drug-likeness (QED) is 0.863. The average molecular weight is 235 g/mol. The second-order valence-corrected chi connectivity index (χ2v) is 4.44. The molecule has 0 fully saturated rings. The van der Waals surface area contributed by atoms with E-state index in [1.165, 1.54) is 17.1 Å². The third kappa shape index (κ3) is 2.44. The minimum atomic E-state index is 0.845. The van der Waals surface area contributed by atoms with E-state index in [1.54, 1.807) is 11.3 Å². The molecule has 16 heavy (non-hydrogen) atoms. The highest BCUT2D eigenvalue weighted by molar-refractivity contribution is 7.08. The van der Waals surface area contributed by atoms with Crippen LogP contribution in [0.3, 0.4) is 0 Å². The summed E-state index contributed by atoms with van der Waals surface area (Å²) in [4.78, 5) is 0. The van der Waals surface area contributed by atoms with E-state index in [4.69, 9.17) is 0 Å². The summed E-state index contributed by atoms with van der Waals surface area (Å²) in [5, 5.41) is 12.1. The van der Waals surface area contributed by atoms with Crippen molar-refractivity contribution in [3.05, 3.63) is 34.3 Å². The zero-order valence-corrected chi connectivity index (χ0v) is 10.5. The summed E-state index contributed by atoms with van der Waals surface area (Å²) < 4.78 is 2.07. The first-order valence-electron chi connectivity index (χ1n) is 5.65. The molecule has 0 amide bonds. The molecule has 2 heterocycles. The van der Waals surface area contributed by atoms with Crippen LogP contribution in [0.5, 0.6) is 0 Å². The molecule has 0 saturated heterocycles. The number of rotatable bonds is 5. The fraction of sp³-hybridized carbons (Fsp3) is 0.417. The van der Waals surface area contributed by atoms with Crippen molar-refractivity contribution < 1.29 is 0 Å². The molecule has 86 valence electrons. The van der Waals surface area contributed by atoms with Gasteiger partial charge in [0.05, 0.1) is 17.9 Å². The van der Waals surface area contributed by atoms with Crippen LogP contribution < -0.4 is 5.32 Å². The highest BCUT2D eigenvalue weighted by Gasteiger charge is 2.05. The van der Waals surface area contributed by atoms with Crippen molar-refractivity contribution in [2.24, 2.45) is 0 Å². The average Bonchev–Trinajstić information content (AvgIpc) is 2.95. The smallest absolute Gasteiger partial charge is 0.0625 e. The highest BCUT2D eigenvalue weighted by Crippen LogP contribution is 2.14. The van der Waals surface area contributed by atoms with Gasteiger partial charge < -0.3 is 5.32 Å². The molecule has 0 radical (unpaired) electrons. The predicted octanol–water partition coefficient (Wildman–Crippen LogP) is 3.14. The first-order chi connectivity index (χ1) is 7.83. The third-order valence-electron chi connectivity index (χ3n) is 2.57. The molecule has 3 nitrogen and oxygen atoms in total. The number of aryl methyl sites for hydroxylation is 2. The summed E-state index contributed by atoms with van der Waals surface area (Å²) in [6.45, 7) is 6.04. The first-order valence-corrected chi connectivity index (χ1v) is 6.59. The van der Waals surface area contributed by atoms with Crippen LogP contribution in [0.15, 0.2) is 22.9 Å². The van der Waals surface area contributed by atoms with Crippen molar-refractivity contribution in [2.75, 3.05) is 5.32 Å². The lowest BCUT2D eigenvalue weighted by molar-refractivity contribution is 0.619. The van der Waals surface area contributed by atoms with Crippen molar-refractivity contribution in [1.29, 1.82) is 0 Å². The molecule has 0 aliphatic rings. The fourth-order valence-electron chi connectivity index (χ4n) is 1.66. The lowest BCUT2D eigenvalue weighted by Crippen LogP contribution is -2.07. The van der Waals surface area contributed by atoms with Gasteiger partial charge in [-0.1, -0.05) is 6.92 Å². The third-order valence-corrected chi connectivity index (χ3v) is 3.25. The Bertz CT molecular complexity index is 431. The summed E-state index contributed by atoms with van der Waals surface area (Å²) in [7, 11) is 0. The zero-order chi connectivity index (χ0) is 11.4. The molecule has 0 aliphatic carbocycles. The molecule has 0 saturated carbocycles. The number of anilines is 1. The van der Waals surface area contributed by atoms with Gasteiger partial charge in [-0.15, -0.1) is 0 Å². The van der Waals surface area contributed by atoms with Gasteiger partial charge in [-0.25, -0.2) is 0 Å². The molecule has 2 aromatic rings. The van der Waals surface area contributed by atoms with Crippen LogP contribution in [-0.4, -0.2) is 9.78 Å². The molecule has 0 aliphatic heterocycles. The van der Waals surface area contributed by atoms with Crippen molar-refractivity contribution >= 4 is 17.0 Å². The van der Waals surface area contributed by atoms with E-state index in [2.05, 4.69) is 51.8 Å². The Hall–Kier alpha value is -1.29. The van der Waals surface area contributed by atoms with Gasteiger partial charge in [0.1, 0.15) is 0 Å². The van der Waals surface area contributed by atoms with E-state index in [1.807, 2.05) is 0 Å². The highest BCUT2D eigenvalue weighted by atomic mass is 32.1. The summed E-state index contributed by atoms with van der Waals surface area (Å²) in [5.74, 6) is 0. The molecule has 4 heteroatoms. The number of hydrogen-bond acceptors (Lipinski definition) is 3. The Morgan fingerprint density at radius 2 is 2.31 bits per heavy atom. The molecule has 0 bridgehead atoms. The molecule has 0 aromatic carbocycles. The summed E-state index contributed by atoms with van der Waals surface area (Å²) in [5.41, 5.74) is 3.61. The van der Waals surface area contributed by atoms with Crippen LogP contribution in [0, 0.1) is 0 Å². The maximum atomic E-state index is 4.53. The molecule has 2 aromatic heterocycles. The van der Waals surface area contributed by atoms with Crippen molar-refractivity contribution in [2.45, 2.75) is 33.4 Å². The van der Waals surface area contributed by atoms with Crippen molar-refractivity contribution in [3.8, 4) is 0 Å². The van der Waals surface area contributed by atoms with E-state index in [0.717, 1.165) is 19.5 Å². The Morgan fingerprint density at radius 1 is 1.44 bits per heavy atom. The second kappa shape index (κ2) is 5.16. The molecule has 0 atom stereocenters.